The van der Waals surface area contributed by atoms with Crippen molar-refractivity contribution in [2.45, 2.75) is 79.1 Å². The van der Waals surface area contributed by atoms with E-state index < -0.39 is 0 Å². The number of rotatable bonds is 7. The first-order chi connectivity index (χ1) is 6.06. The van der Waals surface area contributed by atoms with Gasteiger partial charge in [-0.05, 0) is 11.8 Å². The third kappa shape index (κ3) is 12.0. The average Bonchev–Trinajstić information content (AvgIpc) is 2.01. The average molecular weight is 184 g/mol. The maximum atomic E-state index is 2.34. The lowest BCUT2D eigenvalue weighted by Gasteiger charge is -2.17. The molecule has 0 heteroatoms. The van der Waals surface area contributed by atoms with Crippen molar-refractivity contribution in [3.8, 4) is 0 Å². The van der Waals surface area contributed by atoms with Gasteiger partial charge < -0.3 is 0 Å². The van der Waals surface area contributed by atoms with Gasteiger partial charge in [-0.1, -0.05) is 72.6 Å². The molecule has 0 nitrogen and oxygen atoms in total. The van der Waals surface area contributed by atoms with Crippen molar-refractivity contribution in [3.63, 3.8) is 0 Å². The summed E-state index contributed by atoms with van der Waals surface area (Å²) in [7, 11) is 0. The number of unbranched alkanes of at least 4 members (excludes halogenated alkanes) is 6. The normalized spacial score (nSPS) is 12.0. The Labute approximate surface area is 85.1 Å². The first-order valence-corrected chi connectivity index (χ1v) is 6.06. The van der Waals surface area contributed by atoms with E-state index in [0.717, 1.165) is 0 Å². The van der Waals surface area contributed by atoms with E-state index in [4.69, 9.17) is 0 Å². The Morgan fingerprint density at radius 2 is 1.15 bits per heavy atom. The first kappa shape index (κ1) is 13.0. The van der Waals surface area contributed by atoms with Crippen LogP contribution in [0.5, 0.6) is 0 Å². The second-order valence-electron chi connectivity index (χ2n) is 5.43. The van der Waals surface area contributed by atoms with E-state index in [-0.39, 0.29) is 0 Å². The lowest BCUT2D eigenvalue weighted by molar-refractivity contribution is 0.356. The van der Waals surface area contributed by atoms with Crippen LogP contribution in [0.4, 0.5) is 0 Å². The summed E-state index contributed by atoms with van der Waals surface area (Å²) in [5.41, 5.74) is 0.545. The van der Waals surface area contributed by atoms with Gasteiger partial charge in [0.05, 0.1) is 0 Å². The summed E-state index contributed by atoms with van der Waals surface area (Å²) in [5.74, 6) is 0. The number of hydrogen-bond acceptors (Lipinski definition) is 0. The van der Waals surface area contributed by atoms with Crippen molar-refractivity contribution < 1.29 is 0 Å². The molecular formula is C13H28. The topological polar surface area (TPSA) is 0 Å². The van der Waals surface area contributed by atoms with Gasteiger partial charge in [0.25, 0.3) is 0 Å². The minimum absolute atomic E-state index is 0.545. The molecule has 80 valence electrons. The van der Waals surface area contributed by atoms with Crippen LogP contribution < -0.4 is 0 Å². The maximum Gasteiger partial charge on any atom is -0.0383 e. The van der Waals surface area contributed by atoms with Crippen molar-refractivity contribution in [1.82, 2.24) is 0 Å². The minimum Gasteiger partial charge on any atom is -0.0654 e. The largest absolute Gasteiger partial charge is 0.0654 e. The van der Waals surface area contributed by atoms with Crippen molar-refractivity contribution in [1.29, 1.82) is 0 Å². The summed E-state index contributed by atoms with van der Waals surface area (Å²) in [5, 5.41) is 0. The maximum absolute atomic E-state index is 2.34. The van der Waals surface area contributed by atoms with E-state index in [1.165, 1.54) is 51.4 Å². The van der Waals surface area contributed by atoms with Gasteiger partial charge in [0.15, 0.2) is 0 Å². The Balaban J connectivity index is 3.00. The zero-order chi connectivity index (χ0) is 10.2. The molecule has 0 saturated carbocycles. The molecule has 0 aromatic heterocycles. The van der Waals surface area contributed by atoms with Crippen LogP contribution in [0, 0.1) is 5.41 Å². The molecule has 0 saturated heterocycles. The van der Waals surface area contributed by atoms with Crippen LogP contribution in [0.3, 0.4) is 0 Å². The first-order valence-electron chi connectivity index (χ1n) is 6.06. The Bertz CT molecular complexity index is 97.1. The van der Waals surface area contributed by atoms with Crippen LogP contribution in [0.1, 0.15) is 79.1 Å². The highest BCUT2D eigenvalue weighted by Gasteiger charge is 2.08. The van der Waals surface area contributed by atoms with Crippen LogP contribution in [0.2, 0.25) is 0 Å². The SMILES string of the molecule is CCCCCCCCCC(C)(C)C. The molecule has 0 unspecified atom stereocenters. The molecule has 0 bridgehead atoms. The molecule has 0 aromatic carbocycles. The monoisotopic (exact) mass is 184 g/mol. The highest BCUT2D eigenvalue weighted by molar-refractivity contribution is 4.60. The van der Waals surface area contributed by atoms with Gasteiger partial charge in [-0.25, -0.2) is 0 Å². The Kier molecular flexibility index (Phi) is 7.41. The van der Waals surface area contributed by atoms with Gasteiger partial charge in [-0.2, -0.15) is 0 Å². The van der Waals surface area contributed by atoms with E-state index in [0.29, 0.717) is 5.41 Å². The smallest absolute Gasteiger partial charge is 0.0383 e. The highest BCUT2D eigenvalue weighted by atomic mass is 14.1. The fraction of sp³-hybridized carbons (Fsp3) is 1.00. The molecule has 0 fully saturated rings. The summed E-state index contributed by atoms with van der Waals surface area (Å²) in [4.78, 5) is 0. The predicted octanol–water partition coefficient (Wildman–Crippen LogP) is 5.17. The van der Waals surface area contributed by atoms with Crippen molar-refractivity contribution >= 4 is 0 Å². The van der Waals surface area contributed by atoms with E-state index >= 15 is 0 Å². The van der Waals surface area contributed by atoms with E-state index in [9.17, 15) is 0 Å². The van der Waals surface area contributed by atoms with Gasteiger partial charge in [0, 0.05) is 0 Å². The van der Waals surface area contributed by atoms with Crippen LogP contribution in [-0.4, -0.2) is 0 Å². The van der Waals surface area contributed by atoms with E-state index in [1.54, 1.807) is 0 Å². The summed E-state index contributed by atoms with van der Waals surface area (Å²) >= 11 is 0. The van der Waals surface area contributed by atoms with E-state index in [2.05, 4.69) is 27.7 Å². The molecule has 0 aliphatic heterocycles. The Morgan fingerprint density at radius 1 is 0.692 bits per heavy atom. The minimum atomic E-state index is 0.545. The van der Waals surface area contributed by atoms with Gasteiger partial charge in [0.2, 0.25) is 0 Å². The van der Waals surface area contributed by atoms with Gasteiger partial charge in [0.1, 0.15) is 0 Å². The third-order valence-electron chi connectivity index (χ3n) is 2.53. The van der Waals surface area contributed by atoms with Crippen LogP contribution in [0.15, 0.2) is 0 Å². The zero-order valence-electron chi connectivity index (χ0n) is 10.2. The molecule has 0 heterocycles. The molecule has 0 aliphatic carbocycles. The van der Waals surface area contributed by atoms with Crippen molar-refractivity contribution in [3.05, 3.63) is 0 Å². The molecule has 0 rings (SSSR count). The molecule has 0 spiro atoms. The van der Waals surface area contributed by atoms with Crippen molar-refractivity contribution in [2.75, 3.05) is 0 Å². The molecule has 0 amide bonds. The Morgan fingerprint density at radius 3 is 1.62 bits per heavy atom. The molecular weight excluding hydrogens is 156 g/mol. The lowest BCUT2D eigenvalue weighted by Crippen LogP contribution is -2.03. The second kappa shape index (κ2) is 7.41. The van der Waals surface area contributed by atoms with E-state index in [1.807, 2.05) is 0 Å². The Hall–Kier alpha value is 0. The van der Waals surface area contributed by atoms with Gasteiger partial charge in [-0.15, -0.1) is 0 Å². The van der Waals surface area contributed by atoms with Crippen LogP contribution in [0.25, 0.3) is 0 Å². The summed E-state index contributed by atoms with van der Waals surface area (Å²) in [6.45, 7) is 9.29. The van der Waals surface area contributed by atoms with Gasteiger partial charge >= 0.3 is 0 Å². The third-order valence-corrected chi connectivity index (χ3v) is 2.53. The quantitative estimate of drug-likeness (QED) is 0.479. The van der Waals surface area contributed by atoms with Crippen molar-refractivity contribution in [2.24, 2.45) is 5.41 Å². The molecule has 13 heavy (non-hydrogen) atoms. The second-order valence-corrected chi connectivity index (χ2v) is 5.43. The molecule has 0 aromatic rings. The van der Waals surface area contributed by atoms with Crippen LogP contribution in [-0.2, 0) is 0 Å². The fourth-order valence-corrected chi connectivity index (χ4v) is 1.61. The summed E-state index contributed by atoms with van der Waals surface area (Å²) < 4.78 is 0. The molecule has 0 atom stereocenters. The summed E-state index contributed by atoms with van der Waals surface area (Å²) in [6.07, 6.45) is 11.4. The molecule has 0 N–H and O–H groups in total. The van der Waals surface area contributed by atoms with Crippen LogP contribution >= 0.6 is 0 Å². The number of hydrogen-bond donors (Lipinski definition) is 0. The molecule has 0 radical (unpaired) electrons. The highest BCUT2D eigenvalue weighted by Crippen LogP contribution is 2.22. The zero-order valence-corrected chi connectivity index (χ0v) is 10.2. The molecule has 0 aliphatic rings. The predicted molar refractivity (Wildman–Crippen MR) is 62.1 cm³/mol. The van der Waals surface area contributed by atoms with Gasteiger partial charge in [-0.3, -0.25) is 0 Å². The lowest BCUT2D eigenvalue weighted by atomic mass is 9.89. The standard InChI is InChI=1S/C13H28/c1-5-6-7-8-9-10-11-12-13(2,3)4/h5-12H2,1-4H3. The summed E-state index contributed by atoms with van der Waals surface area (Å²) in [6, 6.07) is 0. The fourth-order valence-electron chi connectivity index (χ4n) is 1.61.